The molecule has 0 aliphatic rings. The number of hydrogen-bond donors (Lipinski definition) is 2. The van der Waals surface area contributed by atoms with E-state index in [4.69, 9.17) is 21.1 Å². The summed E-state index contributed by atoms with van der Waals surface area (Å²) in [5.74, 6) is 2.41. The van der Waals surface area contributed by atoms with Gasteiger partial charge in [0, 0.05) is 17.8 Å². The molecular weight excluding hydrogens is 378 g/mol. The van der Waals surface area contributed by atoms with Crippen LogP contribution < -0.4 is 20.1 Å². The third kappa shape index (κ3) is 4.61. The van der Waals surface area contributed by atoms with Gasteiger partial charge in [-0.25, -0.2) is 0 Å². The Morgan fingerprint density at radius 2 is 1.68 bits per heavy atom. The summed E-state index contributed by atoms with van der Waals surface area (Å²) in [6.45, 7) is 4.32. The van der Waals surface area contributed by atoms with E-state index in [2.05, 4.69) is 51.8 Å². The van der Waals surface area contributed by atoms with Gasteiger partial charge in [0.1, 0.15) is 11.5 Å². The highest BCUT2D eigenvalue weighted by atomic mass is 35.5. The monoisotopic (exact) mass is 399 g/mol. The molecule has 0 amide bonds. The normalized spacial score (nSPS) is 10.6. The largest absolute Gasteiger partial charge is 0.495 e. The Labute approximate surface area is 169 Å². The molecular formula is C20H22ClN5O2. The molecule has 3 aromatic rings. The molecule has 0 aliphatic heterocycles. The van der Waals surface area contributed by atoms with Gasteiger partial charge in [-0.3, -0.25) is 0 Å². The SMILES string of the molecule is COc1cc(Nc2nncc(Nc3ccc(C(C)C)cc3)n2)c(OC)cc1Cl. The molecule has 7 nitrogen and oxygen atoms in total. The Morgan fingerprint density at radius 1 is 0.964 bits per heavy atom. The maximum Gasteiger partial charge on any atom is 0.249 e. The van der Waals surface area contributed by atoms with Crippen LogP contribution in [-0.4, -0.2) is 29.4 Å². The first kappa shape index (κ1) is 19.7. The van der Waals surface area contributed by atoms with Gasteiger partial charge in [-0.05, 0) is 23.6 Å². The van der Waals surface area contributed by atoms with E-state index in [1.807, 2.05) is 12.1 Å². The van der Waals surface area contributed by atoms with Crippen molar-refractivity contribution in [1.82, 2.24) is 15.2 Å². The number of halogens is 1. The fraction of sp³-hybridized carbons (Fsp3) is 0.250. The topological polar surface area (TPSA) is 81.2 Å². The zero-order valence-corrected chi connectivity index (χ0v) is 16.9. The molecule has 0 atom stereocenters. The van der Waals surface area contributed by atoms with Gasteiger partial charge in [0.2, 0.25) is 5.95 Å². The lowest BCUT2D eigenvalue weighted by atomic mass is 10.0. The Morgan fingerprint density at radius 3 is 2.32 bits per heavy atom. The fourth-order valence-electron chi connectivity index (χ4n) is 2.59. The predicted molar refractivity (Wildman–Crippen MR) is 111 cm³/mol. The standard InChI is InChI=1S/C20H22ClN5O2/c1-12(2)13-5-7-14(8-6-13)23-19-11-22-26-20(25-19)24-16-10-17(27-3)15(21)9-18(16)28-4/h5-12H,1-4H3,(H2,23,24,25,26). The van der Waals surface area contributed by atoms with Crippen molar-refractivity contribution in [3.05, 3.63) is 53.2 Å². The van der Waals surface area contributed by atoms with Crippen LogP contribution in [0.15, 0.2) is 42.6 Å². The Bertz CT molecular complexity index is 948. The van der Waals surface area contributed by atoms with E-state index in [1.165, 1.54) is 5.56 Å². The molecule has 0 bridgehead atoms. The summed E-state index contributed by atoms with van der Waals surface area (Å²) in [7, 11) is 3.10. The molecule has 0 spiro atoms. The van der Waals surface area contributed by atoms with Crippen LogP contribution in [0.4, 0.5) is 23.1 Å². The smallest absolute Gasteiger partial charge is 0.249 e. The zero-order valence-electron chi connectivity index (χ0n) is 16.2. The van der Waals surface area contributed by atoms with Gasteiger partial charge >= 0.3 is 0 Å². The van der Waals surface area contributed by atoms with Gasteiger partial charge < -0.3 is 20.1 Å². The van der Waals surface area contributed by atoms with Crippen molar-refractivity contribution < 1.29 is 9.47 Å². The van der Waals surface area contributed by atoms with E-state index in [0.717, 1.165) is 5.69 Å². The summed E-state index contributed by atoms with van der Waals surface area (Å²) >= 11 is 6.14. The van der Waals surface area contributed by atoms with E-state index < -0.39 is 0 Å². The molecule has 0 aliphatic carbocycles. The fourth-order valence-corrected chi connectivity index (χ4v) is 2.83. The van der Waals surface area contributed by atoms with Crippen molar-refractivity contribution >= 4 is 34.7 Å². The number of nitrogens with zero attached hydrogens (tertiary/aromatic N) is 3. The van der Waals surface area contributed by atoms with Crippen molar-refractivity contribution in [3.63, 3.8) is 0 Å². The van der Waals surface area contributed by atoms with Crippen LogP contribution >= 0.6 is 11.6 Å². The van der Waals surface area contributed by atoms with Crippen LogP contribution in [-0.2, 0) is 0 Å². The number of nitrogens with one attached hydrogen (secondary N) is 2. The molecule has 2 N–H and O–H groups in total. The highest BCUT2D eigenvalue weighted by Crippen LogP contribution is 2.36. The van der Waals surface area contributed by atoms with Crippen molar-refractivity contribution in [3.8, 4) is 11.5 Å². The van der Waals surface area contributed by atoms with Crippen LogP contribution in [0, 0.1) is 0 Å². The van der Waals surface area contributed by atoms with Crippen LogP contribution in [0.5, 0.6) is 11.5 Å². The summed E-state index contributed by atoms with van der Waals surface area (Å²) in [4.78, 5) is 4.45. The second-order valence-electron chi connectivity index (χ2n) is 6.38. The minimum atomic E-state index is 0.312. The third-order valence-corrected chi connectivity index (χ3v) is 4.42. The Kier molecular flexibility index (Phi) is 6.16. The lowest BCUT2D eigenvalue weighted by molar-refractivity contribution is 0.405. The molecule has 3 rings (SSSR count). The second-order valence-corrected chi connectivity index (χ2v) is 6.79. The molecule has 0 unspecified atom stereocenters. The number of rotatable bonds is 7. The average Bonchev–Trinajstić information content (AvgIpc) is 2.69. The first-order valence-electron chi connectivity index (χ1n) is 8.75. The van der Waals surface area contributed by atoms with Crippen LogP contribution in [0.2, 0.25) is 5.02 Å². The maximum absolute atomic E-state index is 6.14. The number of aromatic nitrogens is 3. The van der Waals surface area contributed by atoms with E-state index in [9.17, 15) is 0 Å². The number of ether oxygens (including phenoxy) is 2. The molecule has 1 aromatic heterocycles. The average molecular weight is 400 g/mol. The van der Waals surface area contributed by atoms with Crippen molar-refractivity contribution in [2.75, 3.05) is 24.9 Å². The van der Waals surface area contributed by atoms with Gasteiger partial charge in [-0.2, -0.15) is 10.1 Å². The highest BCUT2D eigenvalue weighted by molar-refractivity contribution is 6.32. The summed E-state index contributed by atoms with van der Waals surface area (Å²) in [6.07, 6.45) is 1.56. The Balaban J connectivity index is 1.80. The summed E-state index contributed by atoms with van der Waals surface area (Å²) in [5, 5.41) is 14.8. The first-order chi connectivity index (χ1) is 13.5. The molecule has 2 aromatic carbocycles. The second kappa shape index (κ2) is 8.75. The van der Waals surface area contributed by atoms with E-state index in [-0.39, 0.29) is 0 Å². The van der Waals surface area contributed by atoms with Gasteiger partial charge in [0.15, 0.2) is 5.82 Å². The zero-order chi connectivity index (χ0) is 20.1. The number of methoxy groups -OCH3 is 2. The van der Waals surface area contributed by atoms with Gasteiger partial charge in [0.25, 0.3) is 0 Å². The molecule has 0 saturated carbocycles. The highest BCUT2D eigenvalue weighted by Gasteiger charge is 2.12. The number of anilines is 4. The van der Waals surface area contributed by atoms with Crippen molar-refractivity contribution in [2.24, 2.45) is 0 Å². The predicted octanol–water partition coefficient (Wildman–Crippen LogP) is 5.15. The quantitative estimate of drug-likeness (QED) is 0.568. The lowest BCUT2D eigenvalue weighted by Gasteiger charge is -2.13. The van der Waals surface area contributed by atoms with E-state index in [0.29, 0.717) is 39.9 Å². The first-order valence-corrected chi connectivity index (χ1v) is 9.13. The molecule has 8 heteroatoms. The van der Waals surface area contributed by atoms with Crippen molar-refractivity contribution in [2.45, 2.75) is 19.8 Å². The van der Waals surface area contributed by atoms with Crippen LogP contribution in [0.25, 0.3) is 0 Å². The van der Waals surface area contributed by atoms with E-state index in [1.54, 1.807) is 32.5 Å². The minimum absolute atomic E-state index is 0.312. The summed E-state index contributed by atoms with van der Waals surface area (Å²) < 4.78 is 10.6. The minimum Gasteiger partial charge on any atom is -0.495 e. The molecule has 0 fully saturated rings. The van der Waals surface area contributed by atoms with Crippen molar-refractivity contribution in [1.29, 1.82) is 0 Å². The molecule has 0 saturated heterocycles. The summed E-state index contributed by atoms with van der Waals surface area (Å²) in [5.41, 5.74) is 2.81. The van der Waals surface area contributed by atoms with Crippen LogP contribution in [0.3, 0.4) is 0 Å². The van der Waals surface area contributed by atoms with Gasteiger partial charge in [0.05, 0.1) is 31.1 Å². The lowest BCUT2D eigenvalue weighted by Crippen LogP contribution is -2.04. The van der Waals surface area contributed by atoms with Crippen LogP contribution in [0.1, 0.15) is 25.3 Å². The van der Waals surface area contributed by atoms with Gasteiger partial charge in [-0.15, -0.1) is 5.10 Å². The third-order valence-electron chi connectivity index (χ3n) is 4.13. The molecule has 146 valence electrons. The van der Waals surface area contributed by atoms with E-state index >= 15 is 0 Å². The number of hydrogen-bond acceptors (Lipinski definition) is 7. The van der Waals surface area contributed by atoms with Gasteiger partial charge in [-0.1, -0.05) is 37.6 Å². The molecule has 0 radical (unpaired) electrons. The summed E-state index contributed by atoms with van der Waals surface area (Å²) in [6, 6.07) is 11.6. The Hall–Kier alpha value is -3.06. The molecule has 1 heterocycles. The maximum atomic E-state index is 6.14. The molecule has 28 heavy (non-hydrogen) atoms. The number of benzene rings is 2.